The molecule has 0 aromatic heterocycles. The van der Waals surface area contributed by atoms with Gasteiger partial charge in [-0.3, -0.25) is 0 Å². The number of nitrogens with zero attached hydrogens (tertiary/aromatic N) is 1. The fourth-order valence-electron chi connectivity index (χ4n) is 2.47. The molecule has 2 rings (SSSR count). The van der Waals surface area contributed by atoms with Crippen LogP contribution >= 0.6 is 0 Å². The molecule has 0 saturated carbocycles. The summed E-state index contributed by atoms with van der Waals surface area (Å²) >= 11 is 0. The van der Waals surface area contributed by atoms with Crippen molar-refractivity contribution in [2.45, 2.75) is 25.2 Å². The highest BCUT2D eigenvalue weighted by atomic mass is 32.2. The van der Waals surface area contributed by atoms with Gasteiger partial charge in [-0.2, -0.15) is 0 Å². The van der Waals surface area contributed by atoms with Gasteiger partial charge < -0.3 is 9.84 Å². The molecule has 1 aromatic rings. The van der Waals surface area contributed by atoms with Gasteiger partial charge in [-0.1, -0.05) is 24.3 Å². The third-order valence-corrected chi connectivity index (χ3v) is 5.68. The molecule has 21 heavy (non-hydrogen) atoms. The summed E-state index contributed by atoms with van der Waals surface area (Å²) in [5.41, 5.74) is 1.53. The third kappa shape index (κ3) is 4.78. The minimum atomic E-state index is -3.30. The van der Waals surface area contributed by atoms with Crippen LogP contribution < -0.4 is 0 Å². The predicted octanol–water partition coefficient (Wildman–Crippen LogP) is 1.37. The van der Waals surface area contributed by atoms with Crippen molar-refractivity contribution >= 4 is 10.0 Å². The number of hydrogen-bond acceptors (Lipinski definition) is 4. The molecule has 0 unspecified atom stereocenters. The van der Waals surface area contributed by atoms with Crippen molar-refractivity contribution in [2.24, 2.45) is 5.92 Å². The fourth-order valence-corrected chi connectivity index (χ4v) is 3.74. The van der Waals surface area contributed by atoms with E-state index in [4.69, 9.17) is 9.84 Å². The maximum Gasteiger partial charge on any atom is 0.218 e. The van der Waals surface area contributed by atoms with Crippen LogP contribution in [0, 0.1) is 5.92 Å². The minimum Gasteiger partial charge on any atom is -0.392 e. The normalized spacial score (nSPS) is 17.3. The second kappa shape index (κ2) is 7.35. The van der Waals surface area contributed by atoms with E-state index in [1.54, 1.807) is 31.3 Å². The van der Waals surface area contributed by atoms with E-state index in [1.165, 1.54) is 4.31 Å². The molecule has 0 aliphatic carbocycles. The lowest BCUT2D eigenvalue weighted by Gasteiger charge is -2.26. The average molecular weight is 313 g/mol. The third-order valence-electron chi connectivity index (χ3n) is 3.89. The van der Waals surface area contributed by atoms with Gasteiger partial charge in [-0.25, -0.2) is 12.7 Å². The van der Waals surface area contributed by atoms with Crippen molar-refractivity contribution in [3.63, 3.8) is 0 Å². The van der Waals surface area contributed by atoms with Gasteiger partial charge in [0.1, 0.15) is 0 Å². The van der Waals surface area contributed by atoms with Crippen LogP contribution in [0.1, 0.15) is 24.0 Å². The van der Waals surface area contributed by atoms with Crippen LogP contribution in [-0.4, -0.2) is 44.6 Å². The molecule has 1 fully saturated rings. The molecule has 0 radical (unpaired) electrons. The summed E-state index contributed by atoms with van der Waals surface area (Å²) in [6.45, 7) is 1.97. The van der Waals surface area contributed by atoms with Gasteiger partial charge in [-0.05, 0) is 29.9 Å². The van der Waals surface area contributed by atoms with E-state index in [9.17, 15) is 8.42 Å². The Bertz CT molecular complexity index is 535. The van der Waals surface area contributed by atoms with Crippen LogP contribution in [0.15, 0.2) is 24.3 Å². The summed E-state index contributed by atoms with van der Waals surface area (Å²) in [5.74, 6) is 0.383. The van der Waals surface area contributed by atoms with Crippen LogP contribution in [0.3, 0.4) is 0 Å². The number of benzene rings is 1. The first-order chi connectivity index (χ1) is 10.0. The smallest absolute Gasteiger partial charge is 0.218 e. The van der Waals surface area contributed by atoms with Gasteiger partial charge in [0.25, 0.3) is 0 Å². The van der Waals surface area contributed by atoms with E-state index >= 15 is 0 Å². The number of hydrogen-bond donors (Lipinski definition) is 1. The number of rotatable bonds is 6. The van der Waals surface area contributed by atoms with E-state index in [-0.39, 0.29) is 12.4 Å². The Morgan fingerprint density at radius 1 is 1.19 bits per heavy atom. The first-order valence-electron chi connectivity index (χ1n) is 7.21. The van der Waals surface area contributed by atoms with E-state index in [2.05, 4.69) is 0 Å². The zero-order chi connectivity index (χ0) is 15.3. The summed E-state index contributed by atoms with van der Waals surface area (Å²) in [6, 6.07) is 7.02. The monoisotopic (exact) mass is 313 g/mol. The fraction of sp³-hybridized carbons (Fsp3) is 0.600. The molecular weight excluding hydrogens is 290 g/mol. The first-order valence-corrected chi connectivity index (χ1v) is 8.82. The summed E-state index contributed by atoms with van der Waals surface area (Å²) < 4.78 is 31.5. The molecule has 5 nitrogen and oxygen atoms in total. The molecule has 1 aliphatic rings. The quantitative estimate of drug-likeness (QED) is 0.861. The number of aliphatic hydroxyl groups is 1. The molecule has 0 bridgehead atoms. The lowest BCUT2D eigenvalue weighted by Crippen LogP contribution is -2.34. The highest BCUT2D eigenvalue weighted by molar-refractivity contribution is 7.88. The summed E-state index contributed by atoms with van der Waals surface area (Å²) in [7, 11) is -1.66. The number of sulfonamides is 1. The van der Waals surface area contributed by atoms with Crippen LogP contribution in [0.2, 0.25) is 0 Å². The first kappa shape index (κ1) is 16.4. The lowest BCUT2D eigenvalue weighted by atomic mass is 10.0. The van der Waals surface area contributed by atoms with Crippen LogP contribution in [-0.2, 0) is 27.1 Å². The maximum absolute atomic E-state index is 12.4. The summed E-state index contributed by atoms with van der Waals surface area (Å²) in [6.07, 6.45) is 1.84. The van der Waals surface area contributed by atoms with E-state index in [0.29, 0.717) is 12.5 Å². The number of ether oxygens (including phenoxy) is 1. The van der Waals surface area contributed by atoms with Crippen molar-refractivity contribution in [1.82, 2.24) is 4.31 Å². The SMILES string of the molecule is CN(CC1CCOCC1)S(=O)(=O)Cc1ccc(CO)cc1. The van der Waals surface area contributed by atoms with Gasteiger partial charge in [0.2, 0.25) is 10.0 Å². The Balaban J connectivity index is 1.95. The van der Waals surface area contributed by atoms with Gasteiger partial charge in [-0.15, -0.1) is 0 Å². The molecule has 0 amide bonds. The summed E-state index contributed by atoms with van der Waals surface area (Å²) in [5, 5.41) is 8.99. The van der Waals surface area contributed by atoms with E-state index < -0.39 is 10.0 Å². The largest absolute Gasteiger partial charge is 0.392 e. The van der Waals surface area contributed by atoms with E-state index in [0.717, 1.165) is 37.2 Å². The minimum absolute atomic E-state index is 0.00156. The maximum atomic E-state index is 12.4. The molecule has 118 valence electrons. The second-order valence-electron chi connectivity index (χ2n) is 5.57. The van der Waals surface area contributed by atoms with Gasteiger partial charge in [0.15, 0.2) is 0 Å². The van der Waals surface area contributed by atoms with Crippen LogP contribution in [0.5, 0.6) is 0 Å². The molecule has 0 spiro atoms. The Hall–Kier alpha value is -0.950. The Labute approximate surface area is 126 Å². The molecule has 1 N–H and O–H groups in total. The van der Waals surface area contributed by atoms with Gasteiger partial charge in [0.05, 0.1) is 12.4 Å². The zero-order valence-electron chi connectivity index (χ0n) is 12.4. The second-order valence-corrected chi connectivity index (χ2v) is 7.64. The van der Waals surface area contributed by atoms with Crippen molar-refractivity contribution in [1.29, 1.82) is 0 Å². The zero-order valence-corrected chi connectivity index (χ0v) is 13.2. The molecule has 1 heterocycles. The molecule has 0 atom stereocenters. The Morgan fingerprint density at radius 2 is 1.76 bits per heavy atom. The van der Waals surface area contributed by atoms with Gasteiger partial charge in [0, 0.05) is 26.8 Å². The van der Waals surface area contributed by atoms with Crippen molar-refractivity contribution < 1.29 is 18.3 Å². The standard InChI is InChI=1S/C15H23NO4S/c1-16(10-13-6-8-20-9-7-13)21(18,19)12-15-4-2-14(11-17)3-5-15/h2-5,13,17H,6-12H2,1H3. The lowest BCUT2D eigenvalue weighted by molar-refractivity contribution is 0.0620. The summed E-state index contributed by atoms with van der Waals surface area (Å²) in [4.78, 5) is 0. The number of aliphatic hydroxyl groups excluding tert-OH is 1. The highest BCUT2D eigenvalue weighted by Crippen LogP contribution is 2.18. The van der Waals surface area contributed by atoms with Crippen LogP contribution in [0.25, 0.3) is 0 Å². The highest BCUT2D eigenvalue weighted by Gasteiger charge is 2.23. The van der Waals surface area contributed by atoms with Crippen molar-refractivity contribution in [3.8, 4) is 0 Å². The van der Waals surface area contributed by atoms with E-state index in [1.807, 2.05) is 0 Å². The molecule has 6 heteroatoms. The average Bonchev–Trinajstić information content (AvgIpc) is 2.48. The molecular formula is C15H23NO4S. The van der Waals surface area contributed by atoms with Crippen molar-refractivity contribution in [2.75, 3.05) is 26.8 Å². The topological polar surface area (TPSA) is 66.8 Å². The Morgan fingerprint density at radius 3 is 2.33 bits per heavy atom. The predicted molar refractivity (Wildman–Crippen MR) is 81.2 cm³/mol. The van der Waals surface area contributed by atoms with Crippen LogP contribution in [0.4, 0.5) is 0 Å². The van der Waals surface area contributed by atoms with Crippen molar-refractivity contribution in [3.05, 3.63) is 35.4 Å². The van der Waals surface area contributed by atoms with Gasteiger partial charge >= 0.3 is 0 Å². The Kier molecular flexibility index (Phi) is 5.75. The molecule has 1 saturated heterocycles. The molecule has 1 aliphatic heterocycles. The molecule has 1 aromatic carbocycles.